The fourth-order valence-corrected chi connectivity index (χ4v) is 2.83. The van der Waals surface area contributed by atoms with Gasteiger partial charge in [0.1, 0.15) is 0 Å². The standard InChI is InChI=1S/C15H19N3O.ClH/c19-15(13-6-9-16-10-7-13)18-14(8-11-17-18)12-4-2-1-3-5-12;/h1-5,11,13-14,16H,6-10H2;1H. The molecule has 20 heavy (non-hydrogen) atoms. The van der Waals surface area contributed by atoms with Crippen molar-refractivity contribution in [1.29, 1.82) is 0 Å². The lowest BCUT2D eigenvalue weighted by atomic mass is 9.95. The molecule has 1 aromatic rings. The average Bonchev–Trinajstić information content (AvgIpc) is 2.98. The van der Waals surface area contributed by atoms with Crippen molar-refractivity contribution in [3.8, 4) is 0 Å². The third-order valence-corrected chi connectivity index (χ3v) is 3.93. The van der Waals surface area contributed by atoms with Crippen molar-refractivity contribution in [3.63, 3.8) is 0 Å². The van der Waals surface area contributed by atoms with Crippen LogP contribution in [0.5, 0.6) is 0 Å². The Morgan fingerprint density at radius 1 is 1.20 bits per heavy atom. The van der Waals surface area contributed by atoms with Crippen LogP contribution >= 0.6 is 12.4 Å². The zero-order valence-corrected chi connectivity index (χ0v) is 12.2. The molecule has 1 atom stereocenters. The molecule has 5 heteroatoms. The first-order valence-electron chi connectivity index (χ1n) is 6.97. The summed E-state index contributed by atoms with van der Waals surface area (Å²) in [7, 11) is 0. The normalized spacial score (nSPS) is 22.6. The van der Waals surface area contributed by atoms with Crippen LogP contribution in [0.2, 0.25) is 0 Å². The molecule has 2 heterocycles. The summed E-state index contributed by atoms with van der Waals surface area (Å²) in [6.07, 6.45) is 4.52. The monoisotopic (exact) mass is 293 g/mol. The Hall–Kier alpha value is -1.39. The van der Waals surface area contributed by atoms with Gasteiger partial charge in [0.15, 0.2) is 0 Å². The number of halogens is 1. The van der Waals surface area contributed by atoms with E-state index in [1.807, 2.05) is 24.4 Å². The van der Waals surface area contributed by atoms with Crippen molar-refractivity contribution < 1.29 is 4.79 Å². The number of carbonyl (C=O) groups excluding carboxylic acids is 1. The number of hydrazone groups is 1. The Morgan fingerprint density at radius 2 is 1.90 bits per heavy atom. The molecule has 1 unspecified atom stereocenters. The number of benzene rings is 1. The van der Waals surface area contributed by atoms with Crippen molar-refractivity contribution in [2.45, 2.75) is 25.3 Å². The fraction of sp³-hybridized carbons (Fsp3) is 0.467. The van der Waals surface area contributed by atoms with Crippen LogP contribution in [0.15, 0.2) is 35.4 Å². The van der Waals surface area contributed by atoms with Gasteiger partial charge in [-0.05, 0) is 31.5 Å². The quantitative estimate of drug-likeness (QED) is 0.910. The molecule has 0 aliphatic carbocycles. The maximum absolute atomic E-state index is 12.6. The molecule has 0 saturated carbocycles. The number of nitrogens with one attached hydrogen (secondary N) is 1. The van der Waals surface area contributed by atoms with Gasteiger partial charge >= 0.3 is 0 Å². The van der Waals surface area contributed by atoms with Gasteiger partial charge in [0.05, 0.1) is 6.04 Å². The minimum Gasteiger partial charge on any atom is -0.317 e. The number of nitrogens with zero attached hydrogens (tertiary/aromatic N) is 2. The molecule has 2 aliphatic heterocycles. The van der Waals surface area contributed by atoms with Gasteiger partial charge in [-0.3, -0.25) is 4.79 Å². The van der Waals surface area contributed by atoms with Gasteiger partial charge < -0.3 is 5.32 Å². The Balaban J connectivity index is 0.00000147. The van der Waals surface area contributed by atoms with Crippen LogP contribution in [-0.4, -0.2) is 30.2 Å². The Bertz CT molecular complexity index is 471. The average molecular weight is 294 g/mol. The minimum atomic E-state index is 0. The topological polar surface area (TPSA) is 44.7 Å². The highest BCUT2D eigenvalue weighted by Crippen LogP contribution is 2.30. The summed E-state index contributed by atoms with van der Waals surface area (Å²) >= 11 is 0. The summed E-state index contributed by atoms with van der Waals surface area (Å²) < 4.78 is 0. The van der Waals surface area contributed by atoms with Crippen LogP contribution in [0, 0.1) is 5.92 Å². The van der Waals surface area contributed by atoms with E-state index in [0.29, 0.717) is 0 Å². The first-order chi connectivity index (χ1) is 9.36. The number of amides is 1. The number of rotatable bonds is 2. The predicted molar refractivity (Wildman–Crippen MR) is 82.0 cm³/mol. The predicted octanol–water partition coefficient (Wildman–Crippen LogP) is 2.37. The SMILES string of the molecule is Cl.O=C(C1CCNCC1)N1N=CCC1c1ccccc1. The molecule has 0 bridgehead atoms. The van der Waals surface area contributed by atoms with Crippen LogP contribution in [0.25, 0.3) is 0 Å². The molecule has 108 valence electrons. The number of hydrogen-bond acceptors (Lipinski definition) is 3. The highest BCUT2D eigenvalue weighted by molar-refractivity contribution is 5.85. The molecule has 1 N–H and O–H groups in total. The fourth-order valence-electron chi connectivity index (χ4n) is 2.83. The number of piperidine rings is 1. The zero-order chi connectivity index (χ0) is 13.1. The molecule has 1 saturated heterocycles. The molecule has 4 nitrogen and oxygen atoms in total. The second kappa shape index (κ2) is 6.86. The molecule has 1 aromatic carbocycles. The molecule has 0 spiro atoms. The molecular weight excluding hydrogens is 274 g/mol. The Labute approximate surface area is 125 Å². The number of hydrogen-bond donors (Lipinski definition) is 1. The third kappa shape index (κ3) is 3.02. The number of carbonyl (C=O) groups is 1. The lowest BCUT2D eigenvalue weighted by molar-refractivity contribution is -0.138. The van der Waals surface area contributed by atoms with Crippen molar-refractivity contribution in [2.75, 3.05) is 13.1 Å². The summed E-state index contributed by atoms with van der Waals surface area (Å²) in [5.41, 5.74) is 1.17. The first kappa shape index (κ1) is 15.0. The second-order valence-electron chi connectivity index (χ2n) is 5.17. The first-order valence-corrected chi connectivity index (χ1v) is 6.97. The van der Waals surface area contributed by atoms with E-state index >= 15 is 0 Å². The highest BCUT2D eigenvalue weighted by atomic mass is 35.5. The molecule has 1 amide bonds. The summed E-state index contributed by atoms with van der Waals surface area (Å²) in [5.74, 6) is 0.312. The van der Waals surface area contributed by atoms with Crippen LogP contribution in [-0.2, 0) is 4.79 Å². The molecule has 0 aromatic heterocycles. The van der Waals surface area contributed by atoms with Gasteiger partial charge in [-0.15, -0.1) is 12.4 Å². The minimum absolute atomic E-state index is 0. The Morgan fingerprint density at radius 3 is 2.60 bits per heavy atom. The summed E-state index contributed by atoms with van der Waals surface area (Å²) in [6, 6.07) is 10.3. The van der Waals surface area contributed by atoms with E-state index in [1.54, 1.807) is 5.01 Å². The van der Waals surface area contributed by atoms with Gasteiger partial charge in [0.25, 0.3) is 0 Å². The van der Waals surface area contributed by atoms with Crippen molar-refractivity contribution in [3.05, 3.63) is 35.9 Å². The van der Waals surface area contributed by atoms with Crippen LogP contribution in [0.4, 0.5) is 0 Å². The lowest BCUT2D eigenvalue weighted by Crippen LogP contribution is -2.39. The van der Waals surface area contributed by atoms with Crippen molar-refractivity contribution >= 4 is 24.5 Å². The summed E-state index contributed by atoms with van der Waals surface area (Å²) in [4.78, 5) is 12.6. The van der Waals surface area contributed by atoms with Gasteiger partial charge in [0, 0.05) is 18.6 Å². The largest absolute Gasteiger partial charge is 0.317 e. The van der Waals surface area contributed by atoms with E-state index in [4.69, 9.17) is 0 Å². The molecule has 1 fully saturated rings. The zero-order valence-electron chi connectivity index (χ0n) is 11.4. The maximum atomic E-state index is 12.6. The molecular formula is C15H20ClN3O. The second-order valence-corrected chi connectivity index (χ2v) is 5.17. The van der Waals surface area contributed by atoms with E-state index in [2.05, 4.69) is 22.6 Å². The summed E-state index contributed by atoms with van der Waals surface area (Å²) in [6.45, 7) is 1.87. The maximum Gasteiger partial charge on any atom is 0.246 e. The van der Waals surface area contributed by atoms with Gasteiger partial charge in [-0.25, -0.2) is 5.01 Å². The third-order valence-electron chi connectivity index (χ3n) is 3.93. The summed E-state index contributed by atoms with van der Waals surface area (Å²) in [5, 5.41) is 9.30. The van der Waals surface area contributed by atoms with Crippen LogP contribution < -0.4 is 5.32 Å². The van der Waals surface area contributed by atoms with Crippen molar-refractivity contribution in [2.24, 2.45) is 11.0 Å². The van der Waals surface area contributed by atoms with E-state index < -0.39 is 0 Å². The van der Waals surface area contributed by atoms with Gasteiger partial charge in [0.2, 0.25) is 5.91 Å². The molecule has 0 radical (unpaired) electrons. The molecule has 3 rings (SSSR count). The van der Waals surface area contributed by atoms with E-state index in [0.717, 1.165) is 32.4 Å². The van der Waals surface area contributed by atoms with Gasteiger partial charge in [-0.1, -0.05) is 30.3 Å². The lowest BCUT2D eigenvalue weighted by Gasteiger charge is -2.28. The Kier molecular flexibility index (Phi) is 5.15. The smallest absolute Gasteiger partial charge is 0.246 e. The van der Waals surface area contributed by atoms with E-state index in [-0.39, 0.29) is 30.3 Å². The highest BCUT2D eigenvalue weighted by Gasteiger charge is 2.33. The van der Waals surface area contributed by atoms with Crippen LogP contribution in [0.3, 0.4) is 0 Å². The van der Waals surface area contributed by atoms with E-state index in [9.17, 15) is 4.79 Å². The van der Waals surface area contributed by atoms with Crippen LogP contribution in [0.1, 0.15) is 30.9 Å². The molecule has 2 aliphatic rings. The van der Waals surface area contributed by atoms with E-state index in [1.165, 1.54) is 5.56 Å². The van der Waals surface area contributed by atoms with Gasteiger partial charge in [-0.2, -0.15) is 5.10 Å². The van der Waals surface area contributed by atoms with Crippen molar-refractivity contribution in [1.82, 2.24) is 10.3 Å².